The molecule has 0 saturated carbocycles. The van der Waals surface area contributed by atoms with Crippen LogP contribution in [0.5, 0.6) is 0 Å². The lowest BCUT2D eigenvalue weighted by atomic mass is 10.1. The van der Waals surface area contributed by atoms with Gasteiger partial charge in [-0.05, 0) is 33.3 Å². The maximum absolute atomic E-state index is 12.6. The highest BCUT2D eigenvalue weighted by molar-refractivity contribution is 7.18. The highest BCUT2D eigenvalue weighted by Crippen LogP contribution is 2.34. The first-order valence-electron chi connectivity index (χ1n) is 7.79. The Morgan fingerprint density at radius 3 is 2.29 bits per heavy atom. The molecular formula is C16H24N2O5S. The Morgan fingerprint density at radius 2 is 1.79 bits per heavy atom. The molecule has 2 amide bonds. The molecule has 1 rings (SSSR count). The second-order valence-electron chi connectivity index (χ2n) is 4.94. The molecule has 0 aliphatic rings. The fraction of sp³-hybridized carbons (Fsp3) is 0.562. The highest BCUT2D eigenvalue weighted by atomic mass is 32.1. The van der Waals surface area contributed by atoms with Crippen molar-refractivity contribution in [2.75, 3.05) is 38.7 Å². The lowest BCUT2D eigenvalue weighted by molar-refractivity contribution is -0.119. The lowest BCUT2D eigenvalue weighted by Gasteiger charge is -2.18. The van der Waals surface area contributed by atoms with E-state index in [1.165, 1.54) is 7.11 Å². The molecule has 0 aliphatic carbocycles. The van der Waals surface area contributed by atoms with Gasteiger partial charge in [0.1, 0.15) is 11.6 Å². The van der Waals surface area contributed by atoms with Crippen LogP contribution in [0.4, 0.5) is 5.00 Å². The van der Waals surface area contributed by atoms with Crippen LogP contribution < -0.4 is 5.32 Å². The predicted octanol–water partition coefficient (Wildman–Crippen LogP) is 2.30. The maximum Gasteiger partial charge on any atom is 0.341 e. The lowest BCUT2D eigenvalue weighted by Crippen LogP contribution is -2.30. The number of amides is 2. The van der Waals surface area contributed by atoms with Crippen molar-refractivity contribution < 1.29 is 23.9 Å². The molecule has 8 heteroatoms. The van der Waals surface area contributed by atoms with Crippen molar-refractivity contribution in [3.8, 4) is 0 Å². The Hall–Kier alpha value is -1.93. The van der Waals surface area contributed by atoms with Gasteiger partial charge in [0.25, 0.3) is 11.8 Å². The second kappa shape index (κ2) is 9.39. The Kier molecular flexibility index (Phi) is 7.87. The van der Waals surface area contributed by atoms with Crippen LogP contribution in [0.1, 0.15) is 46.4 Å². The Bertz CT molecular complexity index is 608. The smallest absolute Gasteiger partial charge is 0.341 e. The van der Waals surface area contributed by atoms with E-state index in [4.69, 9.17) is 9.47 Å². The van der Waals surface area contributed by atoms with Crippen molar-refractivity contribution in [3.63, 3.8) is 0 Å². The topological polar surface area (TPSA) is 84.9 Å². The molecule has 0 fully saturated rings. The second-order valence-corrected chi connectivity index (χ2v) is 5.96. The van der Waals surface area contributed by atoms with E-state index in [0.29, 0.717) is 28.5 Å². The molecule has 7 nitrogen and oxygen atoms in total. The summed E-state index contributed by atoms with van der Waals surface area (Å²) in [7, 11) is 1.40. The summed E-state index contributed by atoms with van der Waals surface area (Å²) in [6.45, 7) is 8.35. The van der Waals surface area contributed by atoms with E-state index >= 15 is 0 Å². The number of nitrogens with one attached hydrogen (secondary N) is 1. The summed E-state index contributed by atoms with van der Waals surface area (Å²) in [6, 6.07) is 0. The molecule has 134 valence electrons. The molecule has 1 heterocycles. The van der Waals surface area contributed by atoms with Gasteiger partial charge < -0.3 is 19.7 Å². The van der Waals surface area contributed by atoms with Gasteiger partial charge in [-0.1, -0.05) is 0 Å². The number of anilines is 1. The van der Waals surface area contributed by atoms with Gasteiger partial charge >= 0.3 is 5.97 Å². The van der Waals surface area contributed by atoms with Gasteiger partial charge in [0, 0.05) is 20.2 Å². The van der Waals surface area contributed by atoms with Crippen LogP contribution in [-0.4, -0.2) is 56.1 Å². The summed E-state index contributed by atoms with van der Waals surface area (Å²) in [5.74, 6) is -1.12. The van der Waals surface area contributed by atoms with E-state index in [0.717, 1.165) is 11.3 Å². The zero-order valence-electron chi connectivity index (χ0n) is 14.7. The zero-order valence-corrected chi connectivity index (χ0v) is 15.5. The van der Waals surface area contributed by atoms with Crippen molar-refractivity contribution >= 4 is 34.1 Å². The first-order valence-corrected chi connectivity index (χ1v) is 8.61. The summed E-state index contributed by atoms with van der Waals surface area (Å²) < 4.78 is 9.84. The summed E-state index contributed by atoms with van der Waals surface area (Å²) >= 11 is 1.08. The summed E-state index contributed by atoms with van der Waals surface area (Å²) in [6.07, 6.45) is 0. The average Bonchev–Trinajstić information content (AvgIpc) is 2.85. The van der Waals surface area contributed by atoms with Crippen LogP contribution in [0.15, 0.2) is 0 Å². The number of nitrogens with zero attached hydrogens (tertiary/aromatic N) is 1. The molecule has 0 saturated heterocycles. The van der Waals surface area contributed by atoms with Crippen molar-refractivity contribution in [2.45, 2.75) is 27.7 Å². The number of carbonyl (C=O) groups excluding carboxylic acids is 3. The number of carbonyl (C=O) groups is 3. The number of hydrogen-bond donors (Lipinski definition) is 1. The van der Waals surface area contributed by atoms with E-state index in [1.54, 1.807) is 18.7 Å². The van der Waals surface area contributed by atoms with Gasteiger partial charge in [-0.25, -0.2) is 4.79 Å². The highest BCUT2D eigenvalue weighted by Gasteiger charge is 2.28. The van der Waals surface area contributed by atoms with Crippen molar-refractivity contribution in [3.05, 3.63) is 16.0 Å². The summed E-state index contributed by atoms with van der Waals surface area (Å²) in [5, 5.41) is 2.93. The van der Waals surface area contributed by atoms with Crippen LogP contribution in [-0.2, 0) is 14.3 Å². The molecule has 24 heavy (non-hydrogen) atoms. The van der Waals surface area contributed by atoms with Crippen LogP contribution >= 0.6 is 11.3 Å². The molecule has 1 N–H and O–H groups in total. The number of methoxy groups -OCH3 is 1. The van der Waals surface area contributed by atoms with Gasteiger partial charge in [-0.3, -0.25) is 9.59 Å². The number of ether oxygens (including phenoxy) is 2. The number of rotatable bonds is 8. The number of thiophene rings is 1. The third kappa shape index (κ3) is 4.55. The van der Waals surface area contributed by atoms with E-state index in [-0.39, 0.29) is 24.7 Å². The standard InChI is InChI=1S/C16H24N2O5S/c1-6-18(7-2)15(20)13-10(4)12(16(21)23-8-3)14(24-13)17-11(19)9-22-5/h6-9H2,1-5H3,(H,17,19). The molecule has 0 aliphatic heterocycles. The monoisotopic (exact) mass is 356 g/mol. The van der Waals surface area contributed by atoms with Crippen LogP contribution in [0.25, 0.3) is 0 Å². The van der Waals surface area contributed by atoms with Gasteiger partial charge in [-0.15, -0.1) is 11.3 Å². The van der Waals surface area contributed by atoms with E-state index < -0.39 is 11.9 Å². The molecule has 0 unspecified atom stereocenters. The Balaban J connectivity index is 3.30. The fourth-order valence-corrected chi connectivity index (χ4v) is 3.38. The maximum atomic E-state index is 12.6. The minimum atomic E-state index is -0.558. The Labute approximate surface area is 145 Å². The number of esters is 1. The van der Waals surface area contributed by atoms with Crippen molar-refractivity contribution in [1.82, 2.24) is 4.90 Å². The van der Waals surface area contributed by atoms with Gasteiger partial charge in [0.2, 0.25) is 0 Å². The average molecular weight is 356 g/mol. The molecule has 1 aromatic heterocycles. The Morgan fingerprint density at radius 1 is 1.17 bits per heavy atom. The summed E-state index contributed by atoms with van der Waals surface area (Å²) in [4.78, 5) is 38.8. The molecule has 0 spiro atoms. The van der Waals surface area contributed by atoms with E-state index in [1.807, 2.05) is 13.8 Å². The quantitative estimate of drug-likeness (QED) is 0.723. The van der Waals surface area contributed by atoms with Gasteiger partial charge in [-0.2, -0.15) is 0 Å². The third-order valence-corrected chi connectivity index (χ3v) is 4.59. The van der Waals surface area contributed by atoms with E-state index in [9.17, 15) is 14.4 Å². The minimum Gasteiger partial charge on any atom is -0.462 e. The van der Waals surface area contributed by atoms with Gasteiger partial charge in [0.15, 0.2) is 0 Å². The number of hydrogen-bond acceptors (Lipinski definition) is 6. The van der Waals surface area contributed by atoms with Crippen LogP contribution in [0, 0.1) is 6.92 Å². The molecule has 0 aromatic carbocycles. The molecule has 0 atom stereocenters. The molecule has 0 bridgehead atoms. The van der Waals surface area contributed by atoms with Crippen LogP contribution in [0.3, 0.4) is 0 Å². The SMILES string of the molecule is CCOC(=O)c1c(NC(=O)COC)sc(C(=O)N(CC)CC)c1C. The van der Waals surface area contributed by atoms with Crippen molar-refractivity contribution in [2.24, 2.45) is 0 Å². The first kappa shape index (κ1) is 20.1. The fourth-order valence-electron chi connectivity index (χ4n) is 2.20. The van der Waals surface area contributed by atoms with Crippen LogP contribution in [0.2, 0.25) is 0 Å². The molecule has 1 aromatic rings. The predicted molar refractivity (Wildman–Crippen MR) is 92.8 cm³/mol. The minimum absolute atomic E-state index is 0.140. The largest absolute Gasteiger partial charge is 0.462 e. The first-order chi connectivity index (χ1) is 11.4. The summed E-state index contributed by atoms with van der Waals surface area (Å²) in [5.41, 5.74) is 0.741. The van der Waals surface area contributed by atoms with Gasteiger partial charge in [0.05, 0.1) is 17.0 Å². The third-order valence-electron chi connectivity index (χ3n) is 3.40. The zero-order chi connectivity index (χ0) is 18.3. The van der Waals surface area contributed by atoms with Crippen molar-refractivity contribution in [1.29, 1.82) is 0 Å². The molecular weight excluding hydrogens is 332 g/mol. The molecule has 0 radical (unpaired) electrons. The normalized spacial score (nSPS) is 10.4. The van der Waals surface area contributed by atoms with E-state index in [2.05, 4.69) is 5.32 Å².